The first-order valence-electron chi connectivity index (χ1n) is 9.56. The second-order valence-electron chi connectivity index (χ2n) is 6.77. The molecule has 31 heavy (non-hydrogen) atoms. The molecule has 1 heterocycles. The molecule has 0 saturated carbocycles. The van der Waals surface area contributed by atoms with Crippen molar-refractivity contribution >= 4 is 11.6 Å². The van der Waals surface area contributed by atoms with Crippen molar-refractivity contribution in [2.45, 2.75) is 25.9 Å². The number of aromatic nitrogens is 2. The SMILES string of the molecule is CCCc1[nH]nc(-c2ccc(OC)c(OC)c2)c1NC(=O)c1ccc(C(F)(F)F)cc1. The molecule has 0 aliphatic heterocycles. The van der Waals surface area contributed by atoms with Gasteiger partial charge in [-0.15, -0.1) is 0 Å². The minimum absolute atomic E-state index is 0.106. The van der Waals surface area contributed by atoms with Crippen LogP contribution in [0.2, 0.25) is 0 Å². The number of carbonyl (C=O) groups excluding carboxylic acids is 1. The predicted octanol–water partition coefficient (Wildman–Crippen LogP) is 5.32. The number of nitrogens with zero attached hydrogens (tertiary/aromatic N) is 1. The molecule has 0 aliphatic carbocycles. The molecule has 0 bridgehead atoms. The van der Waals surface area contributed by atoms with Crippen molar-refractivity contribution in [3.05, 3.63) is 59.3 Å². The van der Waals surface area contributed by atoms with E-state index < -0.39 is 17.6 Å². The van der Waals surface area contributed by atoms with Gasteiger partial charge < -0.3 is 14.8 Å². The summed E-state index contributed by atoms with van der Waals surface area (Å²) in [6, 6.07) is 9.30. The fraction of sp³-hybridized carbons (Fsp3) is 0.273. The van der Waals surface area contributed by atoms with Gasteiger partial charge in [0, 0.05) is 11.1 Å². The van der Waals surface area contributed by atoms with Crippen LogP contribution in [-0.2, 0) is 12.6 Å². The Bertz CT molecular complexity index is 1060. The fourth-order valence-corrected chi connectivity index (χ4v) is 3.13. The van der Waals surface area contributed by atoms with Gasteiger partial charge in [-0.25, -0.2) is 0 Å². The van der Waals surface area contributed by atoms with E-state index in [0.29, 0.717) is 40.6 Å². The van der Waals surface area contributed by atoms with E-state index in [4.69, 9.17) is 9.47 Å². The molecule has 0 aliphatic rings. The maximum absolute atomic E-state index is 12.8. The highest BCUT2D eigenvalue weighted by atomic mass is 19.4. The zero-order valence-electron chi connectivity index (χ0n) is 17.3. The standard InChI is InChI=1S/C22H22F3N3O3/c1-4-5-16-20(26-21(29)13-6-9-15(10-7-13)22(23,24)25)19(28-27-16)14-8-11-17(30-2)18(12-14)31-3/h6-12H,4-5H2,1-3H3,(H,26,29)(H,27,28). The summed E-state index contributed by atoms with van der Waals surface area (Å²) in [5.41, 5.74) is 1.65. The number of hydrogen-bond donors (Lipinski definition) is 2. The van der Waals surface area contributed by atoms with Gasteiger partial charge in [0.2, 0.25) is 0 Å². The van der Waals surface area contributed by atoms with Crippen LogP contribution in [-0.4, -0.2) is 30.3 Å². The third-order valence-electron chi connectivity index (χ3n) is 4.71. The number of aromatic amines is 1. The number of alkyl halides is 3. The lowest BCUT2D eigenvalue weighted by Gasteiger charge is -2.12. The molecule has 0 spiro atoms. The van der Waals surface area contributed by atoms with Crippen molar-refractivity contribution in [3.63, 3.8) is 0 Å². The van der Waals surface area contributed by atoms with Crippen LogP contribution in [0.15, 0.2) is 42.5 Å². The Balaban J connectivity index is 1.95. The molecule has 0 fully saturated rings. The maximum atomic E-state index is 12.8. The Morgan fingerprint density at radius 1 is 1.06 bits per heavy atom. The van der Waals surface area contributed by atoms with E-state index in [1.807, 2.05) is 6.92 Å². The number of rotatable bonds is 7. The van der Waals surface area contributed by atoms with Crippen LogP contribution in [0.5, 0.6) is 11.5 Å². The van der Waals surface area contributed by atoms with Crippen molar-refractivity contribution in [1.82, 2.24) is 10.2 Å². The van der Waals surface area contributed by atoms with Crippen LogP contribution in [0, 0.1) is 0 Å². The Hall–Kier alpha value is -3.49. The van der Waals surface area contributed by atoms with Crippen molar-refractivity contribution in [1.29, 1.82) is 0 Å². The quantitative estimate of drug-likeness (QED) is 0.529. The molecule has 0 saturated heterocycles. The number of methoxy groups -OCH3 is 2. The molecule has 1 aromatic heterocycles. The summed E-state index contributed by atoms with van der Waals surface area (Å²) < 4.78 is 49.0. The number of nitrogens with one attached hydrogen (secondary N) is 2. The average molecular weight is 433 g/mol. The smallest absolute Gasteiger partial charge is 0.416 e. The number of benzene rings is 2. The zero-order valence-corrected chi connectivity index (χ0v) is 17.3. The van der Waals surface area contributed by atoms with Gasteiger partial charge >= 0.3 is 6.18 Å². The highest BCUT2D eigenvalue weighted by molar-refractivity contribution is 6.06. The first-order valence-corrected chi connectivity index (χ1v) is 9.56. The molecule has 1 amide bonds. The van der Waals surface area contributed by atoms with E-state index in [1.165, 1.54) is 14.2 Å². The Labute approximate surface area is 177 Å². The van der Waals surface area contributed by atoms with Gasteiger partial charge in [0.25, 0.3) is 5.91 Å². The molecule has 9 heteroatoms. The van der Waals surface area contributed by atoms with E-state index in [2.05, 4.69) is 15.5 Å². The van der Waals surface area contributed by atoms with Gasteiger partial charge in [-0.1, -0.05) is 13.3 Å². The summed E-state index contributed by atoms with van der Waals surface area (Å²) in [4.78, 5) is 12.8. The highest BCUT2D eigenvalue weighted by Crippen LogP contribution is 2.36. The Kier molecular flexibility index (Phi) is 6.53. The lowest BCUT2D eigenvalue weighted by molar-refractivity contribution is -0.137. The number of carbonyl (C=O) groups is 1. The summed E-state index contributed by atoms with van der Waals surface area (Å²) in [6.07, 6.45) is -3.03. The van der Waals surface area contributed by atoms with Crippen LogP contribution in [0.25, 0.3) is 11.3 Å². The van der Waals surface area contributed by atoms with Crippen molar-refractivity contribution in [2.75, 3.05) is 19.5 Å². The maximum Gasteiger partial charge on any atom is 0.416 e. The van der Waals surface area contributed by atoms with Gasteiger partial charge in [0.1, 0.15) is 5.69 Å². The normalized spacial score (nSPS) is 11.3. The van der Waals surface area contributed by atoms with Crippen LogP contribution < -0.4 is 14.8 Å². The molecule has 3 rings (SSSR count). The first-order chi connectivity index (χ1) is 14.8. The summed E-state index contributed by atoms with van der Waals surface area (Å²) in [7, 11) is 3.04. The van der Waals surface area contributed by atoms with E-state index in [0.717, 1.165) is 30.7 Å². The number of anilines is 1. The molecule has 2 aromatic carbocycles. The molecule has 0 unspecified atom stereocenters. The predicted molar refractivity (Wildman–Crippen MR) is 111 cm³/mol. The summed E-state index contributed by atoms with van der Waals surface area (Å²) in [5, 5.41) is 10.1. The van der Waals surface area contributed by atoms with Gasteiger partial charge in [-0.3, -0.25) is 9.89 Å². The third-order valence-corrected chi connectivity index (χ3v) is 4.71. The molecule has 0 atom stereocenters. The molecule has 6 nitrogen and oxygen atoms in total. The average Bonchev–Trinajstić information content (AvgIpc) is 3.15. The monoisotopic (exact) mass is 433 g/mol. The summed E-state index contributed by atoms with van der Waals surface area (Å²) in [5.74, 6) is 0.514. The van der Waals surface area contributed by atoms with Gasteiger partial charge in [-0.05, 0) is 48.9 Å². The Morgan fingerprint density at radius 3 is 2.32 bits per heavy atom. The number of amides is 1. The van der Waals surface area contributed by atoms with Crippen LogP contribution in [0.3, 0.4) is 0 Å². The number of hydrogen-bond acceptors (Lipinski definition) is 4. The van der Waals surface area contributed by atoms with Gasteiger partial charge in [-0.2, -0.15) is 18.3 Å². The van der Waals surface area contributed by atoms with Crippen molar-refractivity contribution in [2.24, 2.45) is 0 Å². The lowest BCUT2D eigenvalue weighted by Crippen LogP contribution is -2.14. The summed E-state index contributed by atoms with van der Waals surface area (Å²) in [6.45, 7) is 1.98. The highest BCUT2D eigenvalue weighted by Gasteiger charge is 2.30. The summed E-state index contributed by atoms with van der Waals surface area (Å²) >= 11 is 0. The molecule has 3 aromatic rings. The lowest BCUT2D eigenvalue weighted by atomic mass is 10.1. The molecule has 0 radical (unpaired) electrons. The van der Waals surface area contributed by atoms with E-state index >= 15 is 0 Å². The van der Waals surface area contributed by atoms with Crippen LogP contribution in [0.4, 0.5) is 18.9 Å². The van der Waals surface area contributed by atoms with Crippen LogP contribution in [0.1, 0.15) is 35.0 Å². The number of H-pyrrole nitrogens is 1. The first kappa shape index (κ1) is 22.2. The number of aryl methyl sites for hydroxylation is 1. The number of ether oxygens (including phenoxy) is 2. The molecule has 2 N–H and O–H groups in total. The third kappa shape index (κ3) is 4.82. The second-order valence-corrected chi connectivity index (χ2v) is 6.77. The topological polar surface area (TPSA) is 76.2 Å². The Morgan fingerprint density at radius 2 is 1.74 bits per heavy atom. The van der Waals surface area contributed by atoms with E-state index in [9.17, 15) is 18.0 Å². The van der Waals surface area contributed by atoms with E-state index in [-0.39, 0.29) is 5.56 Å². The van der Waals surface area contributed by atoms with Crippen molar-refractivity contribution < 1.29 is 27.4 Å². The zero-order chi connectivity index (χ0) is 22.6. The van der Waals surface area contributed by atoms with Crippen molar-refractivity contribution in [3.8, 4) is 22.8 Å². The number of halogens is 3. The molecular weight excluding hydrogens is 411 g/mol. The minimum Gasteiger partial charge on any atom is -0.493 e. The molecular formula is C22H22F3N3O3. The van der Waals surface area contributed by atoms with Gasteiger partial charge in [0.05, 0.1) is 31.2 Å². The van der Waals surface area contributed by atoms with Crippen LogP contribution >= 0.6 is 0 Å². The van der Waals surface area contributed by atoms with E-state index in [1.54, 1.807) is 18.2 Å². The van der Waals surface area contributed by atoms with Gasteiger partial charge in [0.15, 0.2) is 11.5 Å². The minimum atomic E-state index is -4.46. The largest absolute Gasteiger partial charge is 0.493 e. The molecule has 164 valence electrons. The second kappa shape index (κ2) is 9.11. The fourth-order valence-electron chi connectivity index (χ4n) is 3.13.